The molecule has 0 aliphatic heterocycles. The Morgan fingerprint density at radius 1 is 1.43 bits per heavy atom. The number of aryl methyl sites for hydroxylation is 1. The molecule has 0 atom stereocenters. The predicted octanol–water partition coefficient (Wildman–Crippen LogP) is 3.09. The number of carbonyl (C=O) groups excluding carboxylic acids is 1. The third-order valence-electron chi connectivity index (χ3n) is 2.95. The van der Waals surface area contributed by atoms with Crippen molar-refractivity contribution in [3.63, 3.8) is 0 Å². The van der Waals surface area contributed by atoms with Gasteiger partial charge >= 0.3 is 0 Å². The van der Waals surface area contributed by atoms with Gasteiger partial charge in [-0.1, -0.05) is 6.07 Å². The monoisotopic (exact) mass is 304 g/mol. The van der Waals surface area contributed by atoms with Crippen molar-refractivity contribution in [3.05, 3.63) is 36.0 Å². The topological polar surface area (TPSA) is 72.9 Å². The first-order valence-electron chi connectivity index (χ1n) is 6.79. The molecule has 6 heteroatoms. The molecule has 112 valence electrons. The Labute approximate surface area is 128 Å². The molecule has 1 aromatic heterocycles. The smallest absolute Gasteiger partial charge is 0.235 e. The van der Waals surface area contributed by atoms with Crippen LogP contribution in [0.3, 0.4) is 0 Å². The van der Waals surface area contributed by atoms with Gasteiger partial charge in [0.15, 0.2) is 0 Å². The van der Waals surface area contributed by atoms with Crippen LogP contribution in [-0.2, 0) is 4.79 Å². The number of hydrogen-bond donors (Lipinski definition) is 2. The van der Waals surface area contributed by atoms with Crippen LogP contribution in [0.5, 0.6) is 0 Å². The maximum absolute atomic E-state index is 12.0. The number of nitrogens with zero attached hydrogens (tertiary/aromatic N) is 2. The summed E-state index contributed by atoms with van der Waals surface area (Å²) in [4.78, 5) is 13.0. The zero-order valence-electron chi connectivity index (χ0n) is 12.5. The first-order valence-corrected chi connectivity index (χ1v) is 7.78. The van der Waals surface area contributed by atoms with Crippen molar-refractivity contribution < 1.29 is 4.79 Å². The number of benzene rings is 1. The van der Waals surface area contributed by atoms with Gasteiger partial charge in [-0.15, -0.1) is 11.8 Å². The second-order valence-corrected chi connectivity index (χ2v) is 6.15. The number of amides is 1. The van der Waals surface area contributed by atoms with E-state index in [-0.39, 0.29) is 11.9 Å². The third-order valence-corrected chi connectivity index (χ3v) is 4.03. The van der Waals surface area contributed by atoms with Gasteiger partial charge in [-0.3, -0.25) is 4.79 Å². The summed E-state index contributed by atoms with van der Waals surface area (Å²) in [5, 5.41) is 7.06. The lowest BCUT2D eigenvalue weighted by molar-refractivity contribution is -0.113. The lowest BCUT2D eigenvalue weighted by atomic mass is 10.2. The normalized spacial score (nSPS) is 10.9. The zero-order valence-corrected chi connectivity index (χ0v) is 13.3. The van der Waals surface area contributed by atoms with Crippen LogP contribution in [0, 0.1) is 6.92 Å². The lowest BCUT2D eigenvalue weighted by Gasteiger charge is -2.12. The van der Waals surface area contributed by atoms with Gasteiger partial charge in [-0.25, -0.2) is 4.68 Å². The fourth-order valence-corrected chi connectivity index (χ4v) is 2.78. The minimum absolute atomic E-state index is 0.0664. The first kappa shape index (κ1) is 15.4. The molecule has 3 N–H and O–H groups in total. The van der Waals surface area contributed by atoms with E-state index in [0.717, 1.165) is 10.5 Å². The molecular formula is C15H20N4OS. The maximum atomic E-state index is 12.0. The Morgan fingerprint density at radius 2 is 2.19 bits per heavy atom. The molecule has 0 fully saturated rings. The zero-order chi connectivity index (χ0) is 15.4. The van der Waals surface area contributed by atoms with Crippen molar-refractivity contribution in [2.24, 2.45) is 0 Å². The Morgan fingerprint density at radius 3 is 2.90 bits per heavy atom. The molecule has 5 nitrogen and oxygen atoms in total. The van der Waals surface area contributed by atoms with Crippen molar-refractivity contribution in [1.29, 1.82) is 0 Å². The van der Waals surface area contributed by atoms with Crippen LogP contribution in [0.25, 0.3) is 0 Å². The van der Waals surface area contributed by atoms with Crippen LogP contribution >= 0.6 is 11.8 Å². The highest BCUT2D eigenvalue weighted by Gasteiger charge is 2.10. The van der Waals surface area contributed by atoms with Gasteiger partial charge in [0.25, 0.3) is 0 Å². The van der Waals surface area contributed by atoms with E-state index in [0.29, 0.717) is 17.3 Å². The summed E-state index contributed by atoms with van der Waals surface area (Å²) in [6.45, 7) is 6.04. The van der Waals surface area contributed by atoms with Gasteiger partial charge in [0.05, 0.1) is 11.9 Å². The number of nitrogen functional groups attached to an aromatic ring is 1. The van der Waals surface area contributed by atoms with Gasteiger partial charge in [0.2, 0.25) is 5.91 Å². The fourth-order valence-electron chi connectivity index (χ4n) is 1.91. The van der Waals surface area contributed by atoms with Crippen LogP contribution in [0.4, 0.5) is 11.5 Å². The molecule has 0 aliphatic carbocycles. The lowest BCUT2D eigenvalue weighted by Crippen LogP contribution is -2.18. The van der Waals surface area contributed by atoms with Gasteiger partial charge in [-0.05, 0) is 38.5 Å². The largest absolute Gasteiger partial charge is 0.398 e. The molecular weight excluding hydrogens is 284 g/mol. The summed E-state index contributed by atoms with van der Waals surface area (Å²) in [5.41, 5.74) is 7.74. The molecule has 0 aliphatic rings. The number of carbonyl (C=O) groups is 1. The molecule has 1 amide bonds. The number of anilines is 2. The molecule has 0 bridgehead atoms. The number of nitrogens with one attached hydrogen (secondary N) is 1. The minimum atomic E-state index is -0.0664. The summed E-state index contributed by atoms with van der Waals surface area (Å²) in [7, 11) is 0. The van der Waals surface area contributed by atoms with Crippen LogP contribution in [-0.4, -0.2) is 21.4 Å². The van der Waals surface area contributed by atoms with Crippen LogP contribution < -0.4 is 11.1 Å². The summed E-state index contributed by atoms with van der Waals surface area (Å²) < 4.78 is 1.78. The quantitative estimate of drug-likeness (QED) is 0.657. The molecule has 0 saturated heterocycles. The number of thioether (sulfide) groups is 1. The Hall–Kier alpha value is -1.95. The first-order chi connectivity index (χ1) is 9.97. The van der Waals surface area contributed by atoms with E-state index in [1.165, 1.54) is 11.8 Å². The van der Waals surface area contributed by atoms with Gasteiger partial charge < -0.3 is 11.1 Å². The highest BCUT2D eigenvalue weighted by atomic mass is 32.2. The van der Waals surface area contributed by atoms with E-state index >= 15 is 0 Å². The van der Waals surface area contributed by atoms with Crippen LogP contribution in [0.2, 0.25) is 0 Å². The average molecular weight is 304 g/mol. The standard InChI is InChI=1S/C15H20N4OS/c1-10(2)19-14(6-7-17-19)18-15(20)9-21-13-8-11(3)4-5-12(13)16/h4-8,10H,9,16H2,1-3H3,(H,18,20). The van der Waals surface area contributed by atoms with Crippen molar-refractivity contribution in [1.82, 2.24) is 9.78 Å². The molecule has 0 radical (unpaired) electrons. The Bertz CT molecular complexity index is 636. The highest BCUT2D eigenvalue weighted by molar-refractivity contribution is 8.00. The summed E-state index contributed by atoms with van der Waals surface area (Å²) in [6.07, 6.45) is 1.68. The molecule has 0 unspecified atom stereocenters. The molecule has 2 rings (SSSR count). The van der Waals surface area contributed by atoms with E-state index in [2.05, 4.69) is 10.4 Å². The molecule has 2 aromatic rings. The minimum Gasteiger partial charge on any atom is -0.398 e. The molecule has 0 saturated carbocycles. The average Bonchev–Trinajstić information content (AvgIpc) is 2.88. The molecule has 21 heavy (non-hydrogen) atoms. The maximum Gasteiger partial charge on any atom is 0.235 e. The van der Waals surface area contributed by atoms with Gasteiger partial charge in [-0.2, -0.15) is 5.10 Å². The van der Waals surface area contributed by atoms with Crippen molar-refractivity contribution in [2.75, 3.05) is 16.8 Å². The summed E-state index contributed by atoms with van der Waals surface area (Å²) >= 11 is 1.44. The number of hydrogen-bond acceptors (Lipinski definition) is 4. The van der Waals surface area contributed by atoms with Gasteiger partial charge in [0.1, 0.15) is 5.82 Å². The van der Waals surface area contributed by atoms with Crippen molar-refractivity contribution in [3.8, 4) is 0 Å². The van der Waals surface area contributed by atoms with E-state index in [9.17, 15) is 4.79 Å². The van der Waals surface area contributed by atoms with Crippen LogP contribution in [0.1, 0.15) is 25.5 Å². The van der Waals surface area contributed by atoms with Crippen molar-refractivity contribution in [2.45, 2.75) is 31.7 Å². The third kappa shape index (κ3) is 4.01. The van der Waals surface area contributed by atoms with Gasteiger partial charge in [0, 0.05) is 22.7 Å². The Balaban J connectivity index is 1.96. The SMILES string of the molecule is Cc1ccc(N)c(SCC(=O)Nc2ccnn2C(C)C)c1. The van der Waals surface area contributed by atoms with Crippen molar-refractivity contribution >= 4 is 29.2 Å². The van der Waals surface area contributed by atoms with Crippen LogP contribution in [0.15, 0.2) is 35.4 Å². The molecule has 1 aromatic carbocycles. The predicted molar refractivity (Wildman–Crippen MR) is 87.6 cm³/mol. The second-order valence-electron chi connectivity index (χ2n) is 5.13. The second kappa shape index (κ2) is 6.67. The Kier molecular flexibility index (Phi) is 4.90. The van der Waals surface area contributed by atoms with E-state index in [1.807, 2.05) is 39.0 Å². The number of rotatable bonds is 5. The number of nitrogens with two attached hydrogens (primary N) is 1. The fraction of sp³-hybridized carbons (Fsp3) is 0.333. The van der Waals surface area contributed by atoms with E-state index < -0.39 is 0 Å². The van der Waals surface area contributed by atoms with E-state index in [4.69, 9.17) is 5.73 Å². The summed E-state index contributed by atoms with van der Waals surface area (Å²) in [5.74, 6) is 0.966. The van der Waals surface area contributed by atoms with E-state index in [1.54, 1.807) is 16.9 Å². The highest BCUT2D eigenvalue weighted by Crippen LogP contribution is 2.26. The molecule has 1 heterocycles. The number of aromatic nitrogens is 2. The summed E-state index contributed by atoms with van der Waals surface area (Å²) in [6, 6.07) is 7.81. The molecule has 0 spiro atoms.